The van der Waals surface area contributed by atoms with E-state index in [0.29, 0.717) is 0 Å². The lowest BCUT2D eigenvalue weighted by Crippen LogP contribution is -2.00. The van der Waals surface area contributed by atoms with E-state index in [-0.39, 0.29) is 11.3 Å². The van der Waals surface area contributed by atoms with Gasteiger partial charge in [0.1, 0.15) is 11.6 Å². The molecule has 74 valence electrons. The van der Waals surface area contributed by atoms with Crippen molar-refractivity contribution in [2.24, 2.45) is 0 Å². The zero-order chi connectivity index (χ0) is 10.7. The van der Waals surface area contributed by atoms with E-state index in [0.717, 1.165) is 6.07 Å². The third kappa shape index (κ3) is 2.53. The lowest BCUT2D eigenvalue weighted by Gasteiger charge is -2.02. The zero-order valence-corrected chi connectivity index (χ0v) is 7.97. The highest BCUT2D eigenvalue weighted by Gasteiger charge is 2.09. The molecule has 0 atom stereocenters. The van der Waals surface area contributed by atoms with Crippen LogP contribution < -0.4 is 4.74 Å². The highest BCUT2D eigenvalue weighted by Crippen LogP contribution is 2.17. The molecule has 0 saturated heterocycles. The molecule has 0 N–H and O–H groups in total. The molecule has 0 aromatic heterocycles. The van der Waals surface area contributed by atoms with Crippen LogP contribution in [0, 0.1) is 5.82 Å². The first-order valence-corrected chi connectivity index (χ1v) is 4.06. The van der Waals surface area contributed by atoms with Crippen LogP contribution in [0.25, 0.3) is 0 Å². The predicted octanol–water partition coefficient (Wildman–Crippen LogP) is 2.77. The summed E-state index contributed by atoms with van der Waals surface area (Å²) in [5.41, 5.74) is -1.11. The molecule has 0 amide bonds. The largest absolute Gasteiger partial charge is 0.414 e. The Balaban J connectivity index is 3.00. The van der Waals surface area contributed by atoms with Crippen LogP contribution in [0.5, 0.6) is 5.75 Å². The van der Waals surface area contributed by atoms with Gasteiger partial charge in [-0.25, -0.2) is 9.18 Å². The van der Waals surface area contributed by atoms with Gasteiger partial charge in [0.05, 0.1) is 5.56 Å². The molecule has 0 spiro atoms. The first-order chi connectivity index (χ1) is 6.50. The molecule has 0 unspecified atom stereocenters. The van der Waals surface area contributed by atoms with E-state index in [1.807, 2.05) is 0 Å². The van der Waals surface area contributed by atoms with Crippen LogP contribution in [-0.2, 0) is 0 Å². The van der Waals surface area contributed by atoms with E-state index >= 15 is 0 Å². The van der Waals surface area contributed by atoms with Gasteiger partial charge in [0.25, 0.3) is 0 Å². The van der Waals surface area contributed by atoms with E-state index in [9.17, 15) is 14.0 Å². The first kappa shape index (κ1) is 10.7. The number of ether oxygens (including phenoxy) is 1. The molecule has 0 aliphatic rings. The second kappa shape index (κ2) is 4.19. The average molecular weight is 217 g/mol. The summed E-state index contributed by atoms with van der Waals surface area (Å²) in [5, 5.41) is 0. The van der Waals surface area contributed by atoms with E-state index in [1.54, 1.807) is 0 Å². The van der Waals surface area contributed by atoms with Crippen LogP contribution in [0.15, 0.2) is 18.2 Å². The van der Waals surface area contributed by atoms with Gasteiger partial charge < -0.3 is 4.74 Å². The molecule has 1 aromatic rings. The molecule has 3 nitrogen and oxygen atoms in total. The van der Waals surface area contributed by atoms with Crippen molar-refractivity contribution in [3.63, 3.8) is 0 Å². The number of rotatable bonds is 2. The second-order valence-corrected chi connectivity index (χ2v) is 2.85. The Kier molecular flexibility index (Phi) is 3.19. The van der Waals surface area contributed by atoms with Gasteiger partial charge in [-0.3, -0.25) is 4.79 Å². The Bertz CT molecular complexity index is 390. The van der Waals surface area contributed by atoms with Gasteiger partial charge in [-0.2, -0.15) is 0 Å². The minimum Gasteiger partial charge on any atom is -0.414 e. The average Bonchev–Trinajstić information content (AvgIpc) is 2.01. The van der Waals surface area contributed by atoms with Gasteiger partial charge in [-0.05, 0) is 19.1 Å². The number of hydrogen-bond acceptors (Lipinski definition) is 3. The molecule has 0 aliphatic carbocycles. The second-order valence-electron chi connectivity index (χ2n) is 2.54. The molecule has 5 heteroatoms. The summed E-state index contributed by atoms with van der Waals surface area (Å²) in [6.45, 7) is 1.24. The fraction of sp³-hybridized carbons (Fsp3) is 0.111. The number of hydrogen-bond donors (Lipinski definition) is 0. The molecule has 0 fully saturated rings. The van der Waals surface area contributed by atoms with Crippen molar-refractivity contribution < 1.29 is 18.7 Å². The molecular weight excluding hydrogens is 211 g/mol. The van der Waals surface area contributed by atoms with Crippen LogP contribution in [0.3, 0.4) is 0 Å². The van der Waals surface area contributed by atoms with Crippen molar-refractivity contribution in [2.45, 2.75) is 6.92 Å². The molecule has 0 bridgehead atoms. The Morgan fingerprint density at radius 1 is 1.43 bits per heavy atom. The van der Waals surface area contributed by atoms with Gasteiger partial charge in [0.15, 0.2) is 5.78 Å². The number of Topliss-reactive ketones (excluding diaryl/α,β-unsaturated/α-hetero) is 1. The van der Waals surface area contributed by atoms with E-state index in [2.05, 4.69) is 4.74 Å². The molecule has 0 aliphatic heterocycles. The Morgan fingerprint density at radius 3 is 2.50 bits per heavy atom. The Morgan fingerprint density at radius 2 is 2.07 bits per heavy atom. The van der Waals surface area contributed by atoms with Crippen molar-refractivity contribution in [1.82, 2.24) is 0 Å². The van der Waals surface area contributed by atoms with Crippen LogP contribution in [-0.4, -0.2) is 11.2 Å². The summed E-state index contributed by atoms with van der Waals surface area (Å²) in [6.07, 6.45) is 0. The maximum atomic E-state index is 13.1. The number of carbonyl (C=O) groups excluding carboxylic acids is 2. The van der Waals surface area contributed by atoms with Crippen LogP contribution >= 0.6 is 11.6 Å². The Hall–Kier alpha value is -1.42. The van der Waals surface area contributed by atoms with E-state index in [1.165, 1.54) is 19.1 Å². The van der Waals surface area contributed by atoms with Crippen molar-refractivity contribution in [1.29, 1.82) is 0 Å². The fourth-order valence-electron chi connectivity index (χ4n) is 0.937. The number of ketones is 1. The normalized spacial score (nSPS) is 9.64. The summed E-state index contributed by atoms with van der Waals surface area (Å²) in [7, 11) is 0. The quantitative estimate of drug-likeness (QED) is 0.564. The molecule has 0 radical (unpaired) electrons. The SMILES string of the molecule is CC(=O)c1ccc(OC(=O)Cl)cc1F. The first-order valence-electron chi connectivity index (χ1n) is 3.68. The lowest BCUT2D eigenvalue weighted by atomic mass is 10.1. The molecule has 14 heavy (non-hydrogen) atoms. The summed E-state index contributed by atoms with van der Waals surface area (Å²) in [4.78, 5) is 21.1. The molecule has 1 rings (SSSR count). The van der Waals surface area contributed by atoms with Gasteiger partial charge >= 0.3 is 5.43 Å². The minimum absolute atomic E-state index is 0.0347. The van der Waals surface area contributed by atoms with Crippen LogP contribution in [0.4, 0.5) is 9.18 Å². The molecule has 0 saturated carbocycles. The third-order valence-electron chi connectivity index (χ3n) is 1.52. The number of benzene rings is 1. The van der Waals surface area contributed by atoms with Crippen molar-refractivity contribution in [3.8, 4) is 5.75 Å². The summed E-state index contributed by atoms with van der Waals surface area (Å²) in [5.74, 6) is -1.17. The Labute approximate surface area is 84.4 Å². The van der Waals surface area contributed by atoms with Gasteiger partial charge in [-0.1, -0.05) is 0 Å². The molecule has 1 aromatic carbocycles. The van der Waals surface area contributed by atoms with Gasteiger partial charge in [0.2, 0.25) is 0 Å². The summed E-state index contributed by atoms with van der Waals surface area (Å²) >= 11 is 4.92. The maximum Gasteiger partial charge on any atom is 0.409 e. The summed E-state index contributed by atoms with van der Waals surface area (Å²) in [6, 6.07) is 3.45. The van der Waals surface area contributed by atoms with Crippen molar-refractivity contribution in [3.05, 3.63) is 29.6 Å². The van der Waals surface area contributed by atoms with Crippen molar-refractivity contribution >= 4 is 22.8 Å². The number of carbonyl (C=O) groups is 2. The van der Waals surface area contributed by atoms with Gasteiger partial charge in [-0.15, -0.1) is 0 Å². The predicted molar refractivity (Wildman–Crippen MR) is 48.3 cm³/mol. The highest BCUT2D eigenvalue weighted by molar-refractivity contribution is 6.61. The highest BCUT2D eigenvalue weighted by atomic mass is 35.5. The third-order valence-corrected chi connectivity index (χ3v) is 1.60. The van der Waals surface area contributed by atoms with Crippen LogP contribution in [0.1, 0.15) is 17.3 Å². The smallest absolute Gasteiger partial charge is 0.409 e. The molecular formula is C9H6ClFO3. The lowest BCUT2D eigenvalue weighted by molar-refractivity contribution is 0.101. The monoisotopic (exact) mass is 216 g/mol. The standard InChI is InChI=1S/C9H6ClFO3/c1-5(12)7-3-2-6(4-8(7)11)14-9(10)13/h2-4H,1H3. The topological polar surface area (TPSA) is 43.4 Å². The van der Waals surface area contributed by atoms with E-state index < -0.39 is 17.0 Å². The summed E-state index contributed by atoms with van der Waals surface area (Å²) < 4.78 is 17.5. The zero-order valence-electron chi connectivity index (χ0n) is 7.21. The van der Waals surface area contributed by atoms with Gasteiger partial charge in [0, 0.05) is 17.7 Å². The maximum absolute atomic E-state index is 13.1. The number of halogens is 2. The fourth-order valence-corrected chi connectivity index (χ4v) is 1.03. The van der Waals surface area contributed by atoms with E-state index in [4.69, 9.17) is 11.6 Å². The van der Waals surface area contributed by atoms with Crippen molar-refractivity contribution in [2.75, 3.05) is 0 Å². The minimum atomic E-state index is -1.06. The van der Waals surface area contributed by atoms with Crippen LogP contribution in [0.2, 0.25) is 0 Å². The molecule has 0 heterocycles.